The van der Waals surface area contributed by atoms with E-state index in [9.17, 15) is 14.7 Å². The second kappa shape index (κ2) is 7.27. The fourth-order valence-corrected chi connectivity index (χ4v) is 2.77. The van der Waals surface area contributed by atoms with Gasteiger partial charge in [0.05, 0.1) is 11.6 Å². The van der Waals surface area contributed by atoms with E-state index in [2.05, 4.69) is 5.32 Å². The van der Waals surface area contributed by atoms with Crippen LogP contribution >= 0.6 is 0 Å². The van der Waals surface area contributed by atoms with Crippen LogP contribution in [0.2, 0.25) is 0 Å². The fourth-order valence-electron chi connectivity index (χ4n) is 2.77. The van der Waals surface area contributed by atoms with Gasteiger partial charge in [-0.25, -0.2) is 0 Å². The summed E-state index contributed by atoms with van der Waals surface area (Å²) in [5.74, 6) is -1.03. The first kappa shape index (κ1) is 17.5. The number of hydrogen-bond donors (Lipinski definition) is 2. The van der Waals surface area contributed by atoms with Crippen LogP contribution in [0.1, 0.15) is 28.9 Å². The molecule has 0 aliphatic rings. The standard InChI is InChI=1S/C21H20N2O3/c1-14(22-20(25)18-11-12-23(2)21(26)19(18)24)16-9-6-10-17(13-16)15-7-4-3-5-8-15/h3-14,24H,1-2H3,(H,22,25)/t14-/m1/s1. The van der Waals surface area contributed by atoms with Crippen molar-refractivity contribution in [1.82, 2.24) is 9.88 Å². The van der Waals surface area contributed by atoms with Crippen molar-refractivity contribution in [2.45, 2.75) is 13.0 Å². The van der Waals surface area contributed by atoms with Crippen LogP contribution in [0, 0.1) is 0 Å². The molecule has 0 aliphatic carbocycles. The molecule has 0 saturated heterocycles. The van der Waals surface area contributed by atoms with Crippen molar-refractivity contribution in [2.24, 2.45) is 7.05 Å². The molecule has 1 heterocycles. The van der Waals surface area contributed by atoms with Gasteiger partial charge in [-0.15, -0.1) is 0 Å². The van der Waals surface area contributed by atoms with E-state index < -0.39 is 17.2 Å². The van der Waals surface area contributed by atoms with Crippen LogP contribution in [0.3, 0.4) is 0 Å². The third-order valence-electron chi connectivity index (χ3n) is 4.33. The van der Waals surface area contributed by atoms with Gasteiger partial charge in [0.15, 0.2) is 5.75 Å². The molecule has 1 atom stereocenters. The first-order chi connectivity index (χ1) is 12.5. The number of nitrogens with one attached hydrogen (secondary N) is 1. The third kappa shape index (κ3) is 3.52. The van der Waals surface area contributed by atoms with Crippen LogP contribution in [0.25, 0.3) is 11.1 Å². The Hall–Kier alpha value is -3.34. The Morgan fingerprint density at radius 1 is 1.04 bits per heavy atom. The number of carbonyl (C=O) groups excluding carboxylic acids is 1. The maximum absolute atomic E-state index is 12.4. The van der Waals surface area contributed by atoms with E-state index in [1.807, 2.05) is 61.5 Å². The van der Waals surface area contributed by atoms with E-state index in [0.29, 0.717) is 0 Å². The van der Waals surface area contributed by atoms with Gasteiger partial charge in [-0.1, -0.05) is 48.5 Å². The zero-order chi connectivity index (χ0) is 18.7. The molecule has 1 aromatic heterocycles. The van der Waals surface area contributed by atoms with E-state index in [4.69, 9.17) is 0 Å². The molecule has 2 N–H and O–H groups in total. The summed E-state index contributed by atoms with van der Waals surface area (Å²) in [6.07, 6.45) is 1.46. The van der Waals surface area contributed by atoms with Gasteiger partial charge in [-0.05, 0) is 35.7 Å². The third-order valence-corrected chi connectivity index (χ3v) is 4.33. The average molecular weight is 348 g/mol. The molecule has 26 heavy (non-hydrogen) atoms. The minimum Gasteiger partial charge on any atom is -0.502 e. The molecule has 3 rings (SSSR count). The minimum atomic E-state index is -0.601. The highest BCUT2D eigenvalue weighted by Gasteiger charge is 2.17. The van der Waals surface area contributed by atoms with Gasteiger partial charge in [0.1, 0.15) is 0 Å². The largest absolute Gasteiger partial charge is 0.502 e. The lowest BCUT2D eigenvalue weighted by atomic mass is 10.00. The number of aromatic nitrogens is 1. The number of rotatable bonds is 4. The van der Waals surface area contributed by atoms with Gasteiger partial charge in [-0.3, -0.25) is 9.59 Å². The van der Waals surface area contributed by atoms with Crippen molar-refractivity contribution < 1.29 is 9.90 Å². The number of amides is 1. The van der Waals surface area contributed by atoms with E-state index >= 15 is 0 Å². The van der Waals surface area contributed by atoms with Crippen LogP contribution in [-0.4, -0.2) is 15.6 Å². The minimum absolute atomic E-state index is 0.0286. The summed E-state index contributed by atoms with van der Waals surface area (Å²) >= 11 is 0. The zero-order valence-corrected chi connectivity index (χ0v) is 14.6. The normalized spacial score (nSPS) is 11.8. The van der Waals surface area contributed by atoms with Crippen LogP contribution in [0.15, 0.2) is 71.7 Å². The lowest BCUT2D eigenvalue weighted by Gasteiger charge is -2.16. The molecule has 0 fully saturated rings. The Labute approximate surface area is 151 Å². The molecular weight excluding hydrogens is 328 g/mol. The van der Waals surface area contributed by atoms with Crippen molar-refractivity contribution in [3.8, 4) is 16.9 Å². The first-order valence-electron chi connectivity index (χ1n) is 8.32. The number of aryl methyl sites for hydroxylation is 1. The van der Waals surface area contributed by atoms with Crippen LogP contribution < -0.4 is 10.9 Å². The van der Waals surface area contributed by atoms with Gasteiger partial charge in [0.2, 0.25) is 0 Å². The van der Waals surface area contributed by atoms with Crippen molar-refractivity contribution in [2.75, 3.05) is 0 Å². The number of benzene rings is 2. The quantitative estimate of drug-likeness (QED) is 0.760. The summed E-state index contributed by atoms with van der Waals surface area (Å²) in [5, 5.41) is 12.8. The smallest absolute Gasteiger partial charge is 0.293 e. The fraction of sp³-hybridized carbons (Fsp3) is 0.143. The van der Waals surface area contributed by atoms with Crippen LogP contribution in [-0.2, 0) is 7.05 Å². The topological polar surface area (TPSA) is 71.3 Å². The summed E-state index contributed by atoms with van der Waals surface area (Å²) in [6.45, 7) is 1.86. The van der Waals surface area contributed by atoms with E-state index in [1.54, 1.807) is 0 Å². The van der Waals surface area contributed by atoms with Gasteiger partial charge in [0.25, 0.3) is 11.5 Å². The number of nitrogens with zero attached hydrogens (tertiary/aromatic N) is 1. The lowest BCUT2D eigenvalue weighted by Crippen LogP contribution is -2.29. The van der Waals surface area contributed by atoms with Crippen molar-refractivity contribution in [3.63, 3.8) is 0 Å². The number of aromatic hydroxyl groups is 1. The summed E-state index contributed by atoms with van der Waals surface area (Å²) in [5.41, 5.74) is 2.45. The van der Waals surface area contributed by atoms with Crippen molar-refractivity contribution in [1.29, 1.82) is 0 Å². The Morgan fingerprint density at radius 2 is 1.73 bits per heavy atom. The zero-order valence-electron chi connectivity index (χ0n) is 14.6. The molecule has 0 bridgehead atoms. The molecule has 3 aromatic rings. The highest BCUT2D eigenvalue weighted by molar-refractivity contribution is 5.96. The summed E-state index contributed by atoms with van der Waals surface area (Å²) in [4.78, 5) is 24.2. The molecule has 0 radical (unpaired) electrons. The number of carbonyl (C=O) groups is 1. The average Bonchev–Trinajstić information content (AvgIpc) is 2.67. The van der Waals surface area contributed by atoms with Gasteiger partial charge in [0, 0.05) is 13.2 Å². The van der Waals surface area contributed by atoms with Crippen LogP contribution in [0.5, 0.6) is 5.75 Å². The molecule has 0 saturated carbocycles. The first-order valence-corrected chi connectivity index (χ1v) is 8.32. The highest BCUT2D eigenvalue weighted by atomic mass is 16.3. The van der Waals surface area contributed by atoms with Gasteiger partial charge in [-0.2, -0.15) is 0 Å². The highest BCUT2D eigenvalue weighted by Crippen LogP contribution is 2.23. The maximum atomic E-state index is 12.4. The summed E-state index contributed by atoms with van der Waals surface area (Å²) in [7, 11) is 1.52. The molecule has 132 valence electrons. The van der Waals surface area contributed by atoms with Crippen molar-refractivity contribution >= 4 is 5.91 Å². The molecule has 5 heteroatoms. The lowest BCUT2D eigenvalue weighted by molar-refractivity contribution is 0.0936. The molecular formula is C21H20N2O3. The Morgan fingerprint density at radius 3 is 2.46 bits per heavy atom. The molecule has 2 aromatic carbocycles. The Balaban J connectivity index is 1.82. The Bertz CT molecular complexity index is 994. The van der Waals surface area contributed by atoms with Crippen molar-refractivity contribution in [3.05, 3.63) is 88.3 Å². The van der Waals surface area contributed by atoms with E-state index in [0.717, 1.165) is 16.7 Å². The van der Waals surface area contributed by atoms with Gasteiger partial charge >= 0.3 is 0 Å². The monoisotopic (exact) mass is 348 g/mol. The van der Waals surface area contributed by atoms with E-state index in [-0.39, 0.29) is 11.6 Å². The second-order valence-corrected chi connectivity index (χ2v) is 6.18. The predicted molar refractivity (Wildman–Crippen MR) is 101 cm³/mol. The SMILES string of the molecule is C[C@@H](NC(=O)c1ccn(C)c(=O)c1O)c1cccc(-c2ccccc2)c1. The molecule has 0 unspecified atom stereocenters. The molecule has 0 aliphatic heterocycles. The summed E-state index contributed by atoms with van der Waals surface area (Å²) in [6, 6.07) is 19.0. The predicted octanol–water partition coefficient (Wildman–Crippen LogP) is 3.25. The van der Waals surface area contributed by atoms with Crippen LogP contribution in [0.4, 0.5) is 0 Å². The second-order valence-electron chi connectivity index (χ2n) is 6.18. The van der Waals surface area contributed by atoms with Gasteiger partial charge < -0.3 is 15.0 Å². The molecule has 5 nitrogen and oxygen atoms in total. The number of hydrogen-bond acceptors (Lipinski definition) is 3. The molecule has 1 amide bonds. The Kier molecular flexibility index (Phi) is 4.89. The molecule has 0 spiro atoms. The maximum Gasteiger partial charge on any atom is 0.293 e. The van der Waals surface area contributed by atoms with E-state index in [1.165, 1.54) is 23.9 Å². The number of pyridine rings is 1. The summed E-state index contributed by atoms with van der Waals surface area (Å²) < 4.78 is 1.22.